The molecule has 1 aromatic heterocycles. The standard InChI is InChI=1S/C40H51N5O7S/c1-26(2)53(49,50)42-35(46)29-12-15-31-32(18-29)45(34(28-10-13-30(51-4)14-11-28)33(31)27-8-6-5-7-9-27)19-38(16-17-38)36(47)43-20-39-22-44(37(48)41-3)23-40(39,21-43)25-52-24-39/h10-15,18,26-27H,5-9,16-17,19-25H2,1-4H3,(H,41,48)(H,42,46). The molecular weight excluding hydrogens is 695 g/mol. The van der Waals surface area contributed by atoms with E-state index in [-0.39, 0.29) is 28.3 Å². The summed E-state index contributed by atoms with van der Waals surface area (Å²) in [5.41, 5.74) is 3.16. The molecule has 8 rings (SSSR count). The molecule has 284 valence electrons. The van der Waals surface area contributed by atoms with Gasteiger partial charge in [-0.15, -0.1) is 0 Å². The molecular formula is C40H51N5O7S. The molecule has 4 heterocycles. The van der Waals surface area contributed by atoms with Gasteiger partial charge in [-0.05, 0) is 93.0 Å². The average molecular weight is 746 g/mol. The minimum absolute atomic E-state index is 0.0919. The van der Waals surface area contributed by atoms with E-state index in [1.807, 2.05) is 34.1 Å². The molecule has 2 aromatic carbocycles. The highest BCUT2D eigenvalue weighted by Gasteiger charge is 2.69. The molecule has 0 radical (unpaired) electrons. The highest BCUT2D eigenvalue weighted by atomic mass is 32.2. The van der Waals surface area contributed by atoms with E-state index in [1.165, 1.54) is 12.0 Å². The summed E-state index contributed by atoms with van der Waals surface area (Å²) in [5.74, 6) is 0.517. The topological polar surface area (TPSA) is 139 Å². The van der Waals surface area contributed by atoms with E-state index >= 15 is 0 Å². The number of fused-ring (bicyclic) bond motifs is 1. The third-order valence-electron chi connectivity index (χ3n) is 13.0. The van der Waals surface area contributed by atoms with Crippen molar-refractivity contribution in [1.29, 1.82) is 0 Å². The summed E-state index contributed by atoms with van der Waals surface area (Å²) in [5, 5.41) is 3.04. The van der Waals surface area contributed by atoms with E-state index in [9.17, 15) is 22.8 Å². The van der Waals surface area contributed by atoms with E-state index in [0.717, 1.165) is 66.4 Å². The third-order valence-corrected chi connectivity index (χ3v) is 14.7. The van der Waals surface area contributed by atoms with Gasteiger partial charge in [0.05, 0.1) is 36.7 Å². The fourth-order valence-electron chi connectivity index (χ4n) is 9.80. The molecule has 13 heteroatoms. The molecule has 2 unspecified atom stereocenters. The monoisotopic (exact) mass is 745 g/mol. The third kappa shape index (κ3) is 5.89. The van der Waals surface area contributed by atoms with Gasteiger partial charge in [0.15, 0.2) is 0 Å². The molecule has 4 amide bonds. The minimum atomic E-state index is -3.84. The Morgan fingerprint density at radius 1 is 0.925 bits per heavy atom. The molecule has 12 nitrogen and oxygen atoms in total. The van der Waals surface area contributed by atoms with Crippen LogP contribution in [0.25, 0.3) is 22.2 Å². The first-order chi connectivity index (χ1) is 25.3. The summed E-state index contributed by atoms with van der Waals surface area (Å²) in [6.07, 6.45) is 7.06. The van der Waals surface area contributed by atoms with Crippen LogP contribution in [0.4, 0.5) is 4.79 Å². The number of sulfonamides is 1. The predicted octanol–water partition coefficient (Wildman–Crippen LogP) is 5.11. The van der Waals surface area contributed by atoms with E-state index in [4.69, 9.17) is 9.47 Å². The van der Waals surface area contributed by atoms with Crippen LogP contribution in [-0.2, 0) is 26.1 Å². The maximum Gasteiger partial charge on any atom is 0.317 e. The number of carbonyl (C=O) groups excluding carboxylic acids is 3. The average Bonchev–Trinajstić information content (AvgIpc) is 3.46. The van der Waals surface area contributed by atoms with Crippen molar-refractivity contribution in [3.8, 4) is 17.0 Å². The van der Waals surface area contributed by atoms with Gasteiger partial charge in [0.2, 0.25) is 15.9 Å². The Labute approximate surface area is 311 Å². The lowest BCUT2D eigenvalue weighted by Crippen LogP contribution is -2.45. The fourth-order valence-corrected chi connectivity index (χ4v) is 10.4. The molecule has 2 aliphatic carbocycles. The van der Waals surface area contributed by atoms with Crippen LogP contribution in [0.15, 0.2) is 42.5 Å². The first-order valence-corrected chi connectivity index (χ1v) is 20.6. The number of ether oxygens (including phenoxy) is 2. The number of hydrogen-bond acceptors (Lipinski definition) is 7. The number of benzene rings is 2. The van der Waals surface area contributed by atoms with Crippen LogP contribution in [0.2, 0.25) is 0 Å². The Morgan fingerprint density at radius 2 is 1.57 bits per heavy atom. The van der Waals surface area contributed by atoms with Crippen LogP contribution in [0, 0.1) is 16.2 Å². The maximum atomic E-state index is 14.9. The van der Waals surface area contributed by atoms with Gasteiger partial charge in [0.1, 0.15) is 5.75 Å². The number of nitrogens with one attached hydrogen (secondary N) is 2. The van der Waals surface area contributed by atoms with Crippen LogP contribution >= 0.6 is 0 Å². The second-order valence-electron chi connectivity index (χ2n) is 16.6. The number of carbonyl (C=O) groups is 3. The molecule has 2 atom stereocenters. The molecule has 3 saturated heterocycles. The smallest absolute Gasteiger partial charge is 0.317 e. The summed E-state index contributed by atoms with van der Waals surface area (Å²) >= 11 is 0. The first-order valence-electron chi connectivity index (χ1n) is 19.1. The van der Waals surface area contributed by atoms with Gasteiger partial charge in [-0.1, -0.05) is 25.3 Å². The fraction of sp³-hybridized carbons (Fsp3) is 0.575. The van der Waals surface area contributed by atoms with Crippen LogP contribution in [-0.4, -0.2) is 99.4 Å². The first kappa shape index (κ1) is 35.9. The number of amides is 4. The predicted molar refractivity (Wildman–Crippen MR) is 201 cm³/mol. The molecule has 5 fully saturated rings. The van der Waals surface area contributed by atoms with Crippen molar-refractivity contribution in [3.05, 3.63) is 53.6 Å². The van der Waals surface area contributed by atoms with Gasteiger partial charge in [-0.3, -0.25) is 9.59 Å². The number of nitrogens with zero attached hydrogens (tertiary/aromatic N) is 3. The number of aromatic nitrogens is 1. The van der Waals surface area contributed by atoms with Crippen molar-refractivity contribution < 1.29 is 32.3 Å². The lowest BCUT2D eigenvalue weighted by atomic mass is 9.71. The lowest BCUT2D eigenvalue weighted by molar-refractivity contribution is -0.137. The normalized spacial score (nSPS) is 25.1. The molecule has 3 aromatic rings. The molecule has 2 saturated carbocycles. The highest BCUT2D eigenvalue weighted by molar-refractivity contribution is 7.90. The number of likely N-dealkylation sites (tertiary alicyclic amines) is 2. The van der Waals surface area contributed by atoms with Gasteiger partial charge < -0.3 is 29.2 Å². The van der Waals surface area contributed by atoms with Crippen LogP contribution in [0.1, 0.15) is 80.6 Å². The molecule has 5 aliphatic rings. The Hall–Kier alpha value is -4.10. The SMILES string of the molecule is CNC(=O)N1CC23COCC2(C1)CN(C(=O)C1(Cn2c(-c4ccc(OC)cc4)c(C4CCCCC4)c4ccc(C(=O)NS(=O)(=O)C(C)C)cc42)CC1)C3. The summed E-state index contributed by atoms with van der Waals surface area (Å²) in [6.45, 7) is 6.82. The second kappa shape index (κ2) is 13.0. The van der Waals surface area contributed by atoms with Crippen molar-refractivity contribution in [2.45, 2.75) is 76.5 Å². The molecule has 0 bridgehead atoms. The van der Waals surface area contributed by atoms with Crippen molar-refractivity contribution in [1.82, 2.24) is 24.4 Å². The highest BCUT2D eigenvalue weighted by Crippen LogP contribution is 2.59. The summed E-state index contributed by atoms with van der Waals surface area (Å²) in [4.78, 5) is 44.9. The van der Waals surface area contributed by atoms with Gasteiger partial charge in [-0.25, -0.2) is 17.9 Å². The zero-order valence-electron chi connectivity index (χ0n) is 31.2. The van der Waals surface area contributed by atoms with Crippen LogP contribution in [0.5, 0.6) is 5.75 Å². The summed E-state index contributed by atoms with van der Waals surface area (Å²) in [6, 6.07) is 13.5. The summed E-state index contributed by atoms with van der Waals surface area (Å²) in [7, 11) is -0.545. The van der Waals surface area contributed by atoms with Gasteiger partial charge >= 0.3 is 6.03 Å². The molecule has 2 N–H and O–H groups in total. The van der Waals surface area contributed by atoms with Crippen molar-refractivity contribution in [2.24, 2.45) is 16.2 Å². The zero-order chi connectivity index (χ0) is 37.3. The number of rotatable bonds is 9. The Balaban J connectivity index is 1.21. The molecule has 3 aliphatic heterocycles. The van der Waals surface area contributed by atoms with Crippen LogP contribution in [0.3, 0.4) is 0 Å². The number of hydrogen-bond donors (Lipinski definition) is 2. The Bertz CT molecular complexity index is 2050. The van der Waals surface area contributed by atoms with E-state index < -0.39 is 26.6 Å². The van der Waals surface area contributed by atoms with E-state index in [0.29, 0.717) is 51.9 Å². The largest absolute Gasteiger partial charge is 0.497 e. The van der Waals surface area contributed by atoms with Gasteiger partial charge in [0, 0.05) is 67.1 Å². The molecule has 53 heavy (non-hydrogen) atoms. The van der Waals surface area contributed by atoms with Gasteiger partial charge in [0.25, 0.3) is 5.91 Å². The maximum absolute atomic E-state index is 14.9. The minimum Gasteiger partial charge on any atom is -0.497 e. The lowest BCUT2D eigenvalue weighted by Gasteiger charge is -2.30. The van der Waals surface area contributed by atoms with E-state index in [2.05, 4.69) is 26.7 Å². The van der Waals surface area contributed by atoms with Crippen LogP contribution < -0.4 is 14.8 Å². The zero-order valence-corrected chi connectivity index (χ0v) is 32.0. The molecule has 0 spiro atoms. The number of methoxy groups -OCH3 is 1. The van der Waals surface area contributed by atoms with Crippen molar-refractivity contribution in [2.75, 3.05) is 53.6 Å². The second-order valence-corrected chi connectivity index (χ2v) is 18.8. The summed E-state index contributed by atoms with van der Waals surface area (Å²) < 4.78 is 41.5. The number of urea groups is 1. The van der Waals surface area contributed by atoms with Crippen molar-refractivity contribution in [3.63, 3.8) is 0 Å². The quantitative estimate of drug-likeness (QED) is 0.311. The Morgan fingerprint density at radius 3 is 2.15 bits per heavy atom. The van der Waals surface area contributed by atoms with Crippen molar-refractivity contribution >= 4 is 38.8 Å². The van der Waals surface area contributed by atoms with E-state index in [1.54, 1.807) is 34.1 Å². The Kier molecular flexibility index (Phi) is 8.83. The van der Waals surface area contributed by atoms with Gasteiger partial charge in [-0.2, -0.15) is 0 Å².